The number of nitrogens with zero attached hydrogens (tertiary/aromatic N) is 1. The van der Waals surface area contributed by atoms with E-state index >= 15 is 0 Å². The highest BCUT2D eigenvalue weighted by molar-refractivity contribution is 7.98. The van der Waals surface area contributed by atoms with Crippen molar-refractivity contribution in [1.29, 1.82) is 0 Å². The highest BCUT2D eigenvalue weighted by Crippen LogP contribution is 2.23. The lowest BCUT2D eigenvalue weighted by Crippen LogP contribution is -2.41. The van der Waals surface area contributed by atoms with Crippen LogP contribution in [0.2, 0.25) is 0 Å². The van der Waals surface area contributed by atoms with E-state index in [9.17, 15) is 14.0 Å². The second-order valence-electron chi connectivity index (χ2n) is 5.56. The zero-order valence-electron chi connectivity index (χ0n) is 14.4. The number of hydrazine groups is 1. The fourth-order valence-electron chi connectivity index (χ4n) is 2.23. The molecule has 0 aliphatic carbocycles. The molecule has 5 nitrogen and oxygen atoms in total. The standard InChI is InChI=1S/C19H16FN3O2S2/c1-12-21-14(10-26-12)11-27-15-8-6-13(7-9-15)18(24)22-23-19(25)16-4-2-3-5-17(16)20/h2-10H,11H2,1H3,(H,22,24)(H,23,25). The van der Waals surface area contributed by atoms with Crippen LogP contribution in [0.4, 0.5) is 4.39 Å². The van der Waals surface area contributed by atoms with Crippen LogP contribution in [0.3, 0.4) is 0 Å². The van der Waals surface area contributed by atoms with E-state index in [1.165, 1.54) is 18.2 Å². The van der Waals surface area contributed by atoms with Gasteiger partial charge in [0.25, 0.3) is 11.8 Å². The number of hydrogen-bond acceptors (Lipinski definition) is 5. The molecule has 0 atom stereocenters. The summed E-state index contributed by atoms with van der Waals surface area (Å²) in [6.45, 7) is 1.97. The molecule has 2 aromatic carbocycles. The third-order valence-electron chi connectivity index (χ3n) is 3.58. The summed E-state index contributed by atoms with van der Waals surface area (Å²) >= 11 is 3.24. The molecule has 0 spiro atoms. The maximum absolute atomic E-state index is 13.5. The average Bonchev–Trinajstić information content (AvgIpc) is 3.10. The van der Waals surface area contributed by atoms with Crippen molar-refractivity contribution in [3.8, 4) is 0 Å². The van der Waals surface area contributed by atoms with E-state index in [1.54, 1.807) is 41.3 Å². The van der Waals surface area contributed by atoms with Gasteiger partial charge in [-0.3, -0.25) is 20.4 Å². The van der Waals surface area contributed by atoms with E-state index in [0.717, 1.165) is 21.3 Å². The predicted octanol–water partition coefficient (Wildman–Crippen LogP) is 3.96. The third kappa shape index (κ3) is 5.15. The number of amides is 2. The minimum absolute atomic E-state index is 0.137. The molecule has 1 heterocycles. The Bertz CT molecular complexity index is 958. The van der Waals surface area contributed by atoms with Crippen LogP contribution < -0.4 is 10.9 Å². The summed E-state index contributed by atoms with van der Waals surface area (Å²) in [7, 11) is 0. The third-order valence-corrected chi connectivity index (χ3v) is 5.45. The van der Waals surface area contributed by atoms with Gasteiger partial charge in [0.05, 0.1) is 16.3 Å². The Morgan fingerprint density at radius 3 is 2.44 bits per heavy atom. The lowest BCUT2D eigenvalue weighted by molar-refractivity contribution is 0.0844. The van der Waals surface area contributed by atoms with Gasteiger partial charge >= 0.3 is 0 Å². The summed E-state index contributed by atoms with van der Waals surface area (Å²) < 4.78 is 13.5. The topological polar surface area (TPSA) is 71.1 Å². The van der Waals surface area contributed by atoms with E-state index in [0.29, 0.717) is 5.56 Å². The number of rotatable bonds is 5. The molecule has 138 valence electrons. The van der Waals surface area contributed by atoms with E-state index in [-0.39, 0.29) is 5.56 Å². The molecule has 0 aliphatic heterocycles. The molecule has 0 saturated carbocycles. The van der Waals surface area contributed by atoms with Gasteiger partial charge in [-0.1, -0.05) is 12.1 Å². The first kappa shape index (κ1) is 19.1. The Hall–Kier alpha value is -2.71. The minimum atomic E-state index is -0.716. The summed E-state index contributed by atoms with van der Waals surface area (Å²) in [6, 6.07) is 12.5. The van der Waals surface area contributed by atoms with Crippen LogP contribution in [0.15, 0.2) is 58.8 Å². The Morgan fingerprint density at radius 2 is 1.78 bits per heavy atom. The maximum atomic E-state index is 13.5. The molecular weight excluding hydrogens is 385 g/mol. The van der Waals surface area contributed by atoms with E-state index < -0.39 is 17.6 Å². The fraction of sp³-hybridized carbons (Fsp3) is 0.105. The second-order valence-corrected chi connectivity index (χ2v) is 7.67. The lowest BCUT2D eigenvalue weighted by Gasteiger charge is -2.08. The molecule has 8 heteroatoms. The van der Waals surface area contributed by atoms with Gasteiger partial charge < -0.3 is 0 Å². The largest absolute Gasteiger partial charge is 0.272 e. The molecule has 0 radical (unpaired) electrons. The van der Waals surface area contributed by atoms with Crippen molar-refractivity contribution >= 4 is 34.9 Å². The smallest absolute Gasteiger partial charge is 0.267 e. The van der Waals surface area contributed by atoms with Crippen molar-refractivity contribution in [2.45, 2.75) is 17.6 Å². The Labute approximate surface area is 164 Å². The molecule has 0 saturated heterocycles. The van der Waals surface area contributed by atoms with Gasteiger partial charge in [-0.05, 0) is 43.3 Å². The highest BCUT2D eigenvalue weighted by atomic mass is 32.2. The number of halogens is 1. The van der Waals surface area contributed by atoms with Crippen molar-refractivity contribution in [2.75, 3.05) is 0 Å². The first-order chi connectivity index (χ1) is 13.0. The first-order valence-corrected chi connectivity index (χ1v) is 9.88. The van der Waals surface area contributed by atoms with Gasteiger partial charge in [-0.25, -0.2) is 9.37 Å². The van der Waals surface area contributed by atoms with Crippen molar-refractivity contribution < 1.29 is 14.0 Å². The number of aryl methyl sites for hydroxylation is 1. The van der Waals surface area contributed by atoms with Crippen LogP contribution in [0.5, 0.6) is 0 Å². The van der Waals surface area contributed by atoms with Gasteiger partial charge in [0, 0.05) is 21.6 Å². The number of hydrogen-bond donors (Lipinski definition) is 2. The highest BCUT2D eigenvalue weighted by Gasteiger charge is 2.12. The van der Waals surface area contributed by atoms with Crippen molar-refractivity contribution in [1.82, 2.24) is 15.8 Å². The number of carbonyl (C=O) groups is 2. The Balaban J connectivity index is 1.52. The van der Waals surface area contributed by atoms with Gasteiger partial charge in [-0.2, -0.15) is 0 Å². The number of aromatic nitrogens is 1. The van der Waals surface area contributed by atoms with E-state index in [1.807, 2.05) is 24.4 Å². The summed E-state index contributed by atoms with van der Waals surface area (Å²) in [5.74, 6) is -1.09. The van der Waals surface area contributed by atoms with Gasteiger partial charge in [0.1, 0.15) is 5.82 Å². The zero-order valence-corrected chi connectivity index (χ0v) is 16.0. The second kappa shape index (κ2) is 8.79. The summed E-state index contributed by atoms with van der Waals surface area (Å²) in [4.78, 5) is 29.4. The monoisotopic (exact) mass is 401 g/mol. The molecule has 1 aromatic heterocycles. The van der Waals surface area contributed by atoms with Crippen LogP contribution in [-0.2, 0) is 5.75 Å². The molecule has 0 bridgehead atoms. The fourth-order valence-corrected chi connectivity index (χ4v) is 3.74. The van der Waals surface area contributed by atoms with E-state index in [2.05, 4.69) is 15.8 Å². The van der Waals surface area contributed by atoms with Gasteiger partial charge in [0.15, 0.2) is 0 Å². The minimum Gasteiger partial charge on any atom is -0.267 e. The Kier molecular flexibility index (Phi) is 6.20. The maximum Gasteiger partial charge on any atom is 0.272 e. The Morgan fingerprint density at radius 1 is 1.07 bits per heavy atom. The summed E-state index contributed by atoms with van der Waals surface area (Å²) in [6.07, 6.45) is 0. The van der Waals surface area contributed by atoms with Crippen molar-refractivity contribution in [3.63, 3.8) is 0 Å². The molecule has 2 amide bonds. The predicted molar refractivity (Wildman–Crippen MR) is 104 cm³/mol. The van der Waals surface area contributed by atoms with Crippen molar-refractivity contribution in [3.05, 3.63) is 81.6 Å². The lowest BCUT2D eigenvalue weighted by atomic mass is 10.2. The van der Waals surface area contributed by atoms with Gasteiger partial charge in [-0.15, -0.1) is 23.1 Å². The normalized spacial score (nSPS) is 10.4. The SMILES string of the molecule is Cc1nc(CSc2ccc(C(=O)NNC(=O)c3ccccc3F)cc2)cs1. The number of carbonyl (C=O) groups excluding carboxylic acids is 2. The quantitative estimate of drug-likeness (QED) is 0.502. The van der Waals surface area contributed by atoms with Crippen LogP contribution >= 0.6 is 23.1 Å². The first-order valence-electron chi connectivity index (χ1n) is 8.02. The number of thiazole rings is 1. The molecule has 27 heavy (non-hydrogen) atoms. The number of nitrogens with one attached hydrogen (secondary N) is 2. The molecule has 0 unspecified atom stereocenters. The van der Waals surface area contributed by atoms with Gasteiger partial charge in [0.2, 0.25) is 0 Å². The molecule has 0 fully saturated rings. The van der Waals surface area contributed by atoms with Crippen LogP contribution in [0.1, 0.15) is 31.4 Å². The number of thioether (sulfide) groups is 1. The molecule has 3 aromatic rings. The molecule has 0 aliphatic rings. The van der Waals surface area contributed by atoms with E-state index in [4.69, 9.17) is 0 Å². The summed E-state index contributed by atoms with van der Waals surface area (Å²) in [5.41, 5.74) is 5.77. The summed E-state index contributed by atoms with van der Waals surface area (Å²) in [5, 5.41) is 3.07. The molecular formula is C19H16FN3O2S2. The molecule has 3 rings (SSSR count). The number of benzene rings is 2. The molecule has 2 N–H and O–H groups in total. The van der Waals surface area contributed by atoms with Crippen LogP contribution in [0, 0.1) is 12.7 Å². The average molecular weight is 401 g/mol. The van der Waals surface area contributed by atoms with Crippen molar-refractivity contribution in [2.24, 2.45) is 0 Å². The van der Waals surface area contributed by atoms with Crippen LogP contribution in [0.25, 0.3) is 0 Å². The zero-order chi connectivity index (χ0) is 19.2. The van der Waals surface area contributed by atoms with Crippen LogP contribution in [-0.4, -0.2) is 16.8 Å².